The average Bonchev–Trinajstić information content (AvgIpc) is 3.48. The fourth-order valence-corrected chi connectivity index (χ4v) is 8.28. The Balaban J connectivity index is 1.04. The molecule has 0 amide bonds. The Morgan fingerprint density at radius 1 is 0.538 bits per heavy atom. The quantitative estimate of drug-likeness (QED) is 0.143. The molecule has 2 aromatic heterocycles. The van der Waals surface area contributed by atoms with Gasteiger partial charge in [-0.05, 0) is 80.2 Å². The zero-order chi connectivity index (χ0) is 34.3. The van der Waals surface area contributed by atoms with Crippen LogP contribution in [0.1, 0.15) is 5.56 Å². The molecule has 11 rings (SSSR count). The number of aromatic nitrogens is 3. The second kappa shape index (κ2) is 10.9. The van der Waals surface area contributed by atoms with E-state index in [2.05, 4.69) is 118 Å². The second-order valence-electron chi connectivity index (χ2n) is 13.5. The first kappa shape index (κ1) is 28.7. The third-order valence-corrected chi connectivity index (χ3v) is 10.6. The van der Waals surface area contributed by atoms with Crippen LogP contribution in [-0.2, 0) is 0 Å². The molecule has 52 heavy (non-hydrogen) atoms. The summed E-state index contributed by atoms with van der Waals surface area (Å²) in [4.78, 5) is 12.9. The smallest absolute Gasteiger partial charge is 0.229 e. The normalized spacial score (nSPS) is 12.4. The Labute approximate surface area is 298 Å². The van der Waals surface area contributed by atoms with E-state index in [1.54, 1.807) is 0 Å². The van der Waals surface area contributed by atoms with Gasteiger partial charge < -0.3 is 9.55 Å². The van der Waals surface area contributed by atoms with Crippen LogP contribution in [0.25, 0.3) is 93.5 Å². The van der Waals surface area contributed by atoms with Crippen LogP contribution >= 0.6 is 0 Å². The summed E-state index contributed by atoms with van der Waals surface area (Å²) in [6.07, 6.45) is 0. The Bertz CT molecular complexity index is 3200. The Morgan fingerprint density at radius 2 is 1.21 bits per heavy atom. The lowest BCUT2D eigenvalue weighted by Crippen LogP contribution is -2.17. The zero-order valence-electron chi connectivity index (χ0n) is 27.9. The Morgan fingerprint density at radius 3 is 2.08 bits per heavy atom. The van der Waals surface area contributed by atoms with E-state index in [0.29, 0.717) is 5.62 Å². The number of amidine groups is 1. The highest BCUT2D eigenvalue weighted by Gasteiger charge is 2.24. The molecule has 5 nitrogen and oxygen atoms in total. The van der Waals surface area contributed by atoms with Crippen LogP contribution in [0.15, 0.2) is 169 Å². The minimum atomic E-state index is 0.149. The number of H-pyrrole nitrogens is 1. The largest absolute Gasteiger partial charge is 0.323 e. The molecule has 0 radical (unpaired) electrons. The lowest BCUT2D eigenvalue weighted by Gasteiger charge is -2.14. The van der Waals surface area contributed by atoms with Gasteiger partial charge in [0.15, 0.2) is 5.84 Å². The fraction of sp³-hybridized carbons (Fsp3) is 0. The highest BCUT2D eigenvalue weighted by Crippen LogP contribution is 2.49. The van der Waals surface area contributed by atoms with Crippen LogP contribution in [0.4, 0.5) is 0 Å². The molecule has 1 aliphatic carbocycles. The molecule has 0 saturated carbocycles. The number of hydrogen-bond donors (Lipinski definition) is 2. The fourth-order valence-electron chi connectivity index (χ4n) is 8.28. The molecule has 1 aliphatic rings. The summed E-state index contributed by atoms with van der Waals surface area (Å²) in [5.41, 5.74) is 12.5. The average molecular weight is 664 g/mol. The van der Waals surface area contributed by atoms with Gasteiger partial charge in [-0.25, -0.2) is 4.98 Å². The van der Waals surface area contributed by atoms with E-state index < -0.39 is 0 Å². The number of aromatic amines is 1. The standard InChI is InChI=1S/C47H29N5/c48-46(51-47-49-39-18-7-6-15-38(39)45(50-47)29-10-2-1-3-11-29)32-21-20-31-27-33(24-22-30(31)26-32)52-40-19-9-17-37-35-14-5-4-13-34(35)36-16-8-12-28-23-25-41(52)44(42(28)36)43(37)40/h1-27H,(H2,48,49,50,51). The Kier molecular flexibility index (Phi) is 6.04. The van der Waals surface area contributed by atoms with Gasteiger partial charge in [0.2, 0.25) is 5.62 Å². The van der Waals surface area contributed by atoms with Gasteiger partial charge in [-0.15, -0.1) is 0 Å². The van der Waals surface area contributed by atoms with Gasteiger partial charge >= 0.3 is 0 Å². The number of para-hydroxylation sites is 1. The van der Waals surface area contributed by atoms with Gasteiger partial charge in [-0.1, -0.05) is 127 Å². The summed E-state index contributed by atoms with van der Waals surface area (Å²) in [7, 11) is 0. The first-order chi connectivity index (χ1) is 25.7. The van der Waals surface area contributed by atoms with Crippen LogP contribution in [0, 0.1) is 5.41 Å². The van der Waals surface area contributed by atoms with Crippen LogP contribution in [0.3, 0.4) is 0 Å². The highest BCUT2D eigenvalue weighted by molar-refractivity contribution is 6.30. The molecule has 242 valence electrons. The van der Waals surface area contributed by atoms with Crippen LogP contribution < -0.4 is 5.62 Å². The molecule has 0 bridgehead atoms. The molecular formula is C47H29N5. The second-order valence-corrected chi connectivity index (χ2v) is 13.5. The van der Waals surface area contributed by atoms with E-state index in [1.807, 2.05) is 60.7 Å². The van der Waals surface area contributed by atoms with Gasteiger partial charge in [-0.3, -0.25) is 5.41 Å². The van der Waals surface area contributed by atoms with Gasteiger partial charge in [-0.2, -0.15) is 4.99 Å². The van der Waals surface area contributed by atoms with Crippen molar-refractivity contribution in [1.29, 1.82) is 5.41 Å². The SMILES string of the molecule is N=C(/N=c1/nc(-c2ccccc2)c2ccccc2[nH]1)c1ccc2cc(-n3c4cccc5c4c4c6c(cccc6ccc43)-c3ccccc3-5)ccc2c1. The predicted molar refractivity (Wildman–Crippen MR) is 214 cm³/mol. The molecule has 0 aliphatic heterocycles. The maximum Gasteiger partial charge on any atom is 0.229 e. The van der Waals surface area contributed by atoms with Crippen molar-refractivity contribution in [3.8, 4) is 39.2 Å². The lowest BCUT2D eigenvalue weighted by molar-refractivity contribution is 1.05. The van der Waals surface area contributed by atoms with Crippen molar-refractivity contribution in [1.82, 2.24) is 14.5 Å². The van der Waals surface area contributed by atoms with E-state index in [4.69, 9.17) is 10.4 Å². The Hall–Kier alpha value is -7.11. The van der Waals surface area contributed by atoms with Crippen LogP contribution in [0.2, 0.25) is 0 Å². The van der Waals surface area contributed by atoms with Crippen LogP contribution in [-0.4, -0.2) is 20.4 Å². The molecule has 0 fully saturated rings. The molecule has 2 heterocycles. The van der Waals surface area contributed by atoms with Crippen molar-refractivity contribution in [2.75, 3.05) is 0 Å². The summed E-state index contributed by atoms with van der Waals surface area (Å²) in [6.45, 7) is 0. The molecule has 0 atom stereocenters. The number of rotatable bonds is 3. The van der Waals surface area contributed by atoms with Gasteiger partial charge in [0.1, 0.15) is 0 Å². The molecule has 0 spiro atoms. The van der Waals surface area contributed by atoms with E-state index in [-0.39, 0.29) is 5.84 Å². The first-order valence-electron chi connectivity index (χ1n) is 17.5. The highest BCUT2D eigenvalue weighted by atomic mass is 15.0. The molecular weight excluding hydrogens is 635 g/mol. The molecule has 0 saturated heterocycles. The predicted octanol–water partition coefficient (Wildman–Crippen LogP) is 11.2. The minimum Gasteiger partial charge on any atom is -0.323 e. The topological polar surface area (TPSA) is 69.8 Å². The number of nitrogens with zero attached hydrogens (tertiary/aromatic N) is 3. The molecule has 5 heteroatoms. The third-order valence-electron chi connectivity index (χ3n) is 10.6. The van der Waals surface area contributed by atoms with E-state index in [0.717, 1.165) is 44.2 Å². The van der Waals surface area contributed by atoms with Gasteiger partial charge in [0, 0.05) is 33.0 Å². The monoisotopic (exact) mass is 663 g/mol. The third kappa shape index (κ3) is 4.20. The van der Waals surface area contributed by atoms with Crippen LogP contribution in [0.5, 0.6) is 0 Å². The summed E-state index contributed by atoms with van der Waals surface area (Å²) in [5, 5.41) is 17.3. The van der Waals surface area contributed by atoms with Crippen molar-refractivity contribution >= 4 is 60.1 Å². The van der Waals surface area contributed by atoms with Crippen molar-refractivity contribution in [2.45, 2.75) is 0 Å². The minimum absolute atomic E-state index is 0.149. The van der Waals surface area contributed by atoms with Crippen molar-refractivity contribution in [3.05, 3.63) is 175 Å². The van der Waals surface area contributed by atoms with Gasteiger partial charge in [0.05, 0.1) is 22.2 Å². The zero-order valence-corrected chi connectivity index (χ0v) is 27.9. The van der Waals surface area contributed by atoms with E-state index in [9.17, 15) is 0 Å². The van der Waals surface area contributed by atoms with E-state index >= 15 is 0 Å². The van der Waals surface area contributed by atoms with Crippen molar-refractivity contribution in [2.24, 2.45) is 4.99 Å². The molecule has 10 aromatic rings. The number of nitrogens with one attached hydrogen (secondary N) is 2. The maximum atomic E-state index is 8.99. The number of hydrogen-bond acceptors (Lipinski definition) is 2. The lowest BCUT2D eigenvalue weighted by atomic mass is 9.93. The first-order valence-corrected chi connectivity index (χ1v) is 17.5. The maximum absolute atomic E-state index is 8.99. The van der Waals surface area contributed by atoms with E-state index in [1.165, 1.54) is 54.8 Å². The number of benzene rings is 8. The summed E-state index contributed by atoms with van der Waals surface area (Å²) in [6, 6.07) is 57.6. The van der Waals surface area contributed by atoms with Crippen molar-refractivity contribution < 1.29 is 0 Å². The molecule has 0 unspecified atom stereocenters. The molecule has 8 aromatic carbocycles. The summed E-state index contributed by atoms with van der Waals surface area (Å²) >= 11 is 0. The van der Waals surface area contributed by atoms with Crippen molar-refractivity contribution in [3.63, 3.8) is 0 Å². The molecule has 2 N–H and O–H groups in total. The summed E-state index contributed by atoms with van der Waals surface area (Å²) in [5.74, 6) is 0.149. The summed E-state index contributed by atoms with van der Waals surface area (Å²) < 4.78 is 2.41. The number of fused-ring (bicyclic) bond motifs is 5. The van der Waals surface area contributed by atoms with Gasteiger partial charge in [0.25, 0.3) is 0 Å².